The second-order valence-corrected chi connectivity index (χ2v) is 6.14. The van der Waals surface area contributed by atoms with Crippen LogP contribution in [-0.4, -0.2) is 4.98 Å². The Morgan fingerprint density at radius 1 is 1.21 bits per heavy atom. The van der Waals surface area contributed by atoms with Crippen molar-refractivity contribution in [2.75, 3.05) is 0 Å². The minimum absolute atomic E-state index is 0.172. The molecule has 0 saturated carbocycles. The maximum Gasteiger partial charge on any atom is 0.227 e. The van der Waals surface area contributed by atoms with Gasteiger partial charge in [0, 0.05) is 39.6 Å². The average Bonchev–Trinajstić information content (AvgIpc) is 2.97. The molecule has 0 spiro atoms. The van der Waals surface area contributed by atoms with E-state index in [0.717, 1.165) is 27.6 Å². The Balaban J connectivity index is 1.93. The van der Waals surface area contributed by atoms with Crippen LogP contribution in [-0.2, 0) is 7.05 Å². The van der Waals surface area contributed by atoms with E-state index in [-0.39, 0.29) is 5.69 Å². The van der Waals surface area contributed by atoms with E-state index in [1.807, 2.05) is 38.4 Å². The number of furan rings is 1. The smallest absolute Gasteiger partial charge is 0.227 e. The predicted molar refractivity (Wildman–Crippen MR) is 97.0 cm³/mol. The maximum atomic E-state index is 8.26. The van der Waals surface area contributed by atoms with Gasteiger partial charge in [-0.25, -0.2) is 9.55 Å². The van der Waals surface area contributed by atoms with Crippen molar-refractivity contribution in [3.63, 3.8) is 0 Å². The number of fused-ring (bicyclic) bond motifs is 3. The van der Waals surface area contributed by atoms with Gasteiger partial charge in [0.2, 0.25) is 11.4 Å². The first-order valence-electron chi connectivity index (χ1n) is 9.89. The number of benzene rings is 1. The summed E-state index contributed by atoms with van der Waals surface area (Å²) in [4.78, 5) is 4.38. The number of hydrogen-bond donors (Lipinski definition) is 0. The Bertz CT molecular complexity index is 1210. The third kappa shape index (κ3) is 2.28. The number of rotatable bonds is 2. The molecule has 3 heteroatoms. The molecular weight excluding hydrogens is 296 g/mol. The highest BCUT2D eigenvalue weighted by atomic mass is 16.3. The summed E-state index contributed by atoms with van der Waals surface area (Å²) in [6.07, 6.45) is 2.00. The summed E-state index contributed by atoms with van der Waals surface area (Å²) in [6, 6.07) is 13.5. The second-order valence-electron chi connectivity index (χ2n) is 6.14. The fourth-order valence-electron chi connectivity index (χ4n) is 3.09. The van der Waals surface area contributed by atoms with Crippen molar-refractivity contribution in [3.05, 3.63) is 59.9 Å². The van der Waals surface area contributed by atoms with Crippen molar-refractivity contribution in [1.29, 1.82) is 0 Å². The summed E-state index contributed by atoms with van der Waals surface area (Å²) in [5, 5.41) is 1.72. The van der Waals surface area contributed by atoms with Crippen LogP contribution in [0.1, 0.15) is 36.4 Å². The molecule has 0 bridgehead atoms. The van der Waals surface area contributed by atoms with Gasteiger partial charge in [-0.05, 0) is 48.7 Å². The topological polar surface area (TPSA) is 29.9 Å². The van der Waals surface area contributed by atoms with E-state index in [2.05, 4.69) is 21.7 Å². The number of pyridine rings is 2. The van der Waals surface area contributed by atoms with Gasteiger partial charge in [0.05, 0.1) is 0 Å². The molecule has 0 aliphatic heterocycles. The number of nitrogens with zero attached hydrogens (tertiary/aromatic N) is 2. The number of hydrogen-bond acceptors (Lipinski definition) is 2. The molecule has 3 aromatic heterocycles. The molecule has 24 heavy (non-hydrogen) atoms. The van der Waals surface area contributed by atoms with Crippen LogP contribution >= 0.6 is 0 Å². The van der Waals surface area contributed by atoms with Crippen molar-refractivity contribution in [1.82, 2.24) is 4.98 Å². The van der Waals surface area contributed by atoms with Gasteiger partial charge in [-0.3, -0.25) is 0 Å². The summed E-state index contributed by atoms with van der Waals surface area (Å²) < 4.78 is 39.1. The number of aryl methyl sites for hydroxylation is 2. The molecule has 0 amide bonds. The standard InChI is InChI=1S/C21H21N2O/c1-13(2)18-9-8-15-17-12-16(19-7-5-6-10-23(19)4)14(3)11-20(17)24-21(15)22-18/h5-13H,1-4H3/q+1/i1D3,13D. The Morgan fingerprint density at radius 3 is 2.88 bits per heavy atom. The first kappa shape index (κ1) is 11.0. The van der Waals surface area contributed by atoms with Crippen molar-refractivity contribution < 1.29 is 14.5 Å². The van der Waals surface area contributed by atoms with Gasteiger partial charge in [-0.15, -0.1) is 0 Å². The lowest BCUT2D eigenvalue weighted by atomic mass is 10.0. The molecule has 0 saturated heterocycles. The van der Waals surface area contributed by atoms with Crippen LogP contribution < -0.4 is 4.57 Å². The van der Waals surface area contributed by atoms with E-state index in [9.17, 15) is 0 Å². The van der Waals surface area contributed by atoms with Crippen molar-refractivity contribution >= 4 is 22.1 Å². The molecule has 4 aromatic rings. The zero-order valence-electron chi connectivity index (χ0n) is 17.9. The molecule has 4 rings (SSSR count). The maximum absolute atomic E-state index is 8.26. The molecule has 0 N–H and O–H groups in total. The molecule has 3 nitrogen and oxygen atoms in total. The van der Waals surface area contributed by atoms with Gasteiger partial charge in [-0.2, -0.15) is 0 Å². The third-order valence-corrected chi connectivity index (χ3v) is 4.40. The first-order valence-corrected chi connectivity index (χ1v) is 7.89. The van der Waals surface area contributed by atoms with Crippen LogP contribution in [0.4, 0.5) is 0 Å². The lowest BCUT2D eigenvalue weighted by Crippen LogP contribution is -2.30. The van der Waals surface area contributed by atoms with Crippen LogP contribution in [0.3, 0.4) is 0 Å². The molecule has 0 aliphatic rings. The first-order chi connectivity index (χ1) is 13.1. The van der Waals surface area contributed by atoms with Gasteiger partial charge in [0.15, 0.2) is 6.20 Å². The lowest BCUT2D eigenvalue weighted by Gasteiger charge is -2.04. The van der Waals surface area contributed by atoms with Crippen LogP contribution in [0, 0.1) is 6.92 Å². The van der Waals surface area contributed by atoms with E-state index >= 15 is 0 Å². The van der Waals surface area contributed by atoms with E-state index in [4.69, 9.17) is 9.90 Å². The highest BCUT2D eigenvalue weighted by Crippen LogP contribution is 2.33. The molecular formula is C21H21N2O+. The quantitative estimate of drug-likeness (QED) is 0.491. The van der Waals surface area contributed by atoms with E-state index in [1.165, 1.54) is 6.92 Å². The Hall–Kier alpha value is -2.68. The van der Waals surface area contributed by atoms with Gasteiger partial charge >= 0.3 is 0 Å². The molecule has 1 aromatic carbocycles. The Kier molecular flexibility index (Phi) is 2.49. The molecule has 0 fully saturated rings. The van der Waals surface area contributed by atoms with Crippen LogP contribution in [0.25, 0.3) is 33.3 Å². The van der Waals surface area contributed by atoms with Crippen LogP contribution in [0.5, 0.6) is 0 Å². The van der Waals surface area contributed by atoms with Gasteiger partial charge in [-0.1, -0.05) is 13.8 Å². The molecule has 1 unspecified atom stereocenters. The van der Waals surface area contributed by atoms with Gasteiger partial charge in [0.1, 0.15) is 12.6 Å². The highest BCUT2D eigenvalue weighted by molar-refractivity contribution is 6.05. The third-order valence-electron chi connectivity index (χ3n) is 4.40. The fraction of sp³-hybridized carbons (Fsp3) is 0.238. The van der Waals surface area contributed by atoms with E-state index in [0.29, 0.717) is 11.3 Å². The van der Waals surface area contributed by atoms with Crippen LogP contribution in [0.15, 0.2) is 53.1 Å². The second kappa shape index (κ2) is 5.45. The van der Waals surface area contributed by atoms with E-state index in [1.54, 1.807) is 12.1 Å². The normalized spacial score (nSPS) is 17.1. The Morgan fingerprint density at radius 2 is 2.08 bits per heavy atom. The SMILES string of the molecule is [2H]C([2H])([2H])C([2H])(C)c1ccc2c(n1)oc1cc(C)c(-c3cccc[n+]3C)cc12. The largest absolute Gasteiger partial charge is 0.438 e. The average molecular weight is 321 g/mol. The summed E-state index contributed by atoms with van der Waals surface area (Å²) in [7, 11) is 2.00. The minimum Gasteiger partial charge on any atom is -0.438 e. The highest BCUT2D eigenvalue weighted by Gasteiger charge is 2.17. The summed E-state index contributed by atoms with van der Waals surface area (Å²) in [5.41, 5.74) is 4.47. The van der Waals surface area contributed by atoms with Crippen molar-refractivity contribution in [2.45, 2.75) is 26.6 Å². The number of aromatic nitrogens is 2. The predicted octanol–water partition coefficient (Wildman–Crippen LogP) is 4.90. The Labute approximate surface area is 147 Å². The molecule has 0 radical (unpaired) electrons. The fourth-order valence-corrected chi connectivity index (χ4v) is 3.09. The minimum atomic E-state index is -2.48. The van der Waals surface area contributed by atoms with Gasteiger partial charge < -0.3 is 4.42 Å². The molecule has 3 heterocycles. The molecule has 0 aliphatic carbocycles. The van der Waals surface area contributed by atoms with Crippen LogP contribution in [0.2, 0.25) is 0 Å². The zero-order chi connectivity index (χ0) is 20.3. The lowest BCUT2D eigenvalue weighted by molar-refractivity contribution is -0.660. The molecule has 120 valence electrons. The summed E-state index contributed by atoms with van der Waals surface area (Å²) in [5.74, 6) is -1.81. The monoisotopic (exact) mass is 321 g/mol. The summed E-state index contributed by atoms with van der Waals surface area (Å²) in [6.45, 7) is 0.906. The molecule has 1 atom stereocenters. The van der Waals surface area contributed by atoms with Crippen molar-refractivity contribution in [2.24, 2.45) is 7.05 Å². The van der Waals surface area contributed by atoms with Crippen molar-refractivity contribution in [3.8, 4) is 11.3 Å². The summed E-state index contributed by atoms with van der Waals surface area (Å²) >= 11 is 0. The van der Waals surface area contributed by atoms with E-state index < -0.39 is 12.7 Å². The zero-order valence-corrected chi connectivity index (χ0v) is 13.9. The van der Waals surface area contributed by atoms with Gasteiger partial charge in [0.25, 0.3) is 0 Å².